The number of hydrogen-bond acceptors (Lipinski definition) is 6. The van der Waals surface area contributed by atoms with Gasteiger partial charge in [0.25, 0.3) is 5.91 Å². The molecule has 2 N–H and O–H groups in total. The van der Waals surface area contributed by atoms with Crippen LogP contribution < -0.4 is 14.8 Å². The van der Waals surface area contributed by atoms with Crippen molar-refractivity contribution < 1.29 is 22.7 Å². The van der Waals surface area contributed by atoms with E-state index in [1.165, 1.54) is 42.0 Å². The number of carbonyl (C=O) groups is 2. The number of amides is 2. The number of sulfonamides is 1. The minimum absolute atomic E-state index is 0.118. The minimum Gasteiger partial charge on any atom is -0.495 e. The van der Waals surface area contributed by atoms with Gasteiger partial charge in [-0.1, -0.05) is 6.07 Å². The molecule has 8 nitrogen and oxygen atoms in total. The van der Waals surface area contributed by atoms with E-state index in [0.29, 0.717) is 17.3 Å². The van der Waals surface area contributed by atoms with Crippen molar-refractivity contribution >= 4 is 39.3 Å². The molecule has 2 aromatic carbocycles. The number of thioether (sulfide) groups is 1. The largest absolute Gasteiger partial charge is 0.495 e. The van der Waals surface area contributed by atoms with Crippen molar-refractivity contribution in [2.75, 3.05) is 24.1 Å². The fourth-order valence-electron chi connectivity index (χ4n) is 3.46. The van der Waals surface area contributed by atoms with E-state index in [2.05, 4.69) is 10.0 Å². The molecule has 10 heteroatoms. The molecule has 1 fully saturated rings. The van der Waals surface area contributed by atoms with Crippen molar-refractivity contribution in [3.8, 4) is 5.75 Å². The van der Waals surface area contributed by atoms with E-state index in [-0.39, 0.29) is 28.2 Å². The minimum atomic E-state index is -3.89. The van der Waals surface area contributed by atoms with Crippen molar-refractivity contribution in [1.82, 2.24) is 9.62 Å². The first kappa shape index (κ1) is 25.1. The van der Waals surface area contributed by atoms with Crippen LogP contribution in [-0.2, 0) is 14.8 Å². The number of methoxy groups -OCH3 is 1. The van der Waals surface area contributed by atoms with Gasteiger partial charge in [0.1, 0.15) is 16.7 Å². The molecule has 2 aromatic rings. The number of nitrogens with one attached hydrogen (secondary N) is 2. The van der Waals surface area contributed by atoms with Gasteiger partial charge in [-0.05, 0) is 69.2 Å². The van der Waals surface area contributed by atoms with E-state index in [1.54, 1.807) is 13.8 Å². The number of carbonyl (C=O) groups excluding carboxylic acids is 2. The fraction of sp³-hybridized carbons (Fsp3) is 0.391. The van der Waals surface area contributed by atoms with Crippen LogP contribution in [0.5, 0.6) is 5.75 Å². The molecule has 1 aliphatic heterocycles. The zero-order valence-electron chi connectivity index (χ0n) is 19.3. The first-order valence-electron chi connectivity index (χ1n) is 10.5. The third-order valence-corrected chi connectivity index (χ3v) is 8.00. The number of ether oxygens (including phenoxy) is 1. The topological polar surface area (TPSA) is 105 Å². The average molecular weight is 492 g/mol. The van der Waals surface area contributed by atoms with Gasteiger partial charge in [-0.25, -0.2) is 13.1 Å². The number of hydrogen-bond donors (Lipinski definition) is 2. The zero-order chi connectivity index (χ0) is 24.3. The lowest BCUT2D eigenvalue weighted by atomic mass is 10.1. The van der Waals surface area contributed by atoms with E-state index in [0.717, 1.165) is 11.1 Å². The summed E-state index contributed by atoms with van der Waals surface area (Å²) in [7, 11) is -2.52. The van der Waals surface area contributed by atoms with Crippen molar-refractivity contribution in [2.24, 2.45) is 0 Å². The number of rotatable bonds is 7. The Morgan fingerprint density at radius 2 is 1.85 bits per heavy atom. The standard InChI is InChI=1S/C23H29N3O5S2/c1-14(2)25-33(29,30)21-11-17(7-9-20(21)31-5)23(28)26-13-32-12-19(26)22(27)24-18-8-6-15(3)16(4)10-18/h6-11,14,19,25H,12-13H2,1-5H3,(H,24,27). The summed E-state index contributed by atoms with van der Waals surface area (Å²) in [4.78, 5) is 27.6. The first-order valence-corrected chi connectivity index (χ1v) is 13.1. The van der Waals surface area contributed by atoms with Crippen LogP contribution in [0.15, 0.2) is 41.3 Å². The van der Waals surface area contributed by atoms with Gasteiger partial charge in [0.15, 0.2) is 0 Å². The Balaban J connectivity index is 1.85. The quantitative estimate of drug-likeness (QED) is 0.617. The van der Waals surface area contributed by atoms with Crippen LogP contribution in [0, 0.1) is 13.8 Å². The van der Waals surface area contributed by atoms with Crippen molar-refractivity contribution in [3.63, 3.8) is 0 Å². The highest BCUT2D eigenvalue weighted by atomic mass is 32.2. The van der Waals surface area contributed by atoms with E-state index in [4.69, 9.17) is 4.74 Å². The fourth-order valence-corrected chi connectivity index (χ4v) is 6.06. The van der Waals surface area contributed by atoms with Crippen molar-refractivity contribution in [3.05, 3.63) is 53.1 Å². The zero-order valence-corrected chi connectivity index (χ0v) is 21.0. The van der Waals surface area contributed by atoms with Crippen LogP contribution in [0.3, 0.4) is 0 Å². The predicted octanol–water partition coefficient (Wildman–Crippen LogP) is 3.15. The van der Waals surface area contributed by atoms with E-state index < -0.39 is 22.0 Å². The van der Waals surface area contributed by atoms with Gasteiger partial charge >= 0.3 is 0 Å². The van der Waals surface area contributed by atoms with Crippen LogP contribution in [0.4, 0.5) is 5.69 Å². The maximum atomic E-state index is 13.3. The van der Waals surface area contributed by atoms with Crippen LogP contribution in [0.25, 0.3) is 0 Å². The maximum absolute atomic E-state index is 13.3. The lowest BCUT2D eigenvalue weighted by Gasteiger charge is -2.24. The third-order valence-electron chi connectivity index (χ3n) is 5.31. The van der Waals surface area contributed by atoms with Crippen LogP contribution >= 0.6 is 11.8 Å². The molecular weight excluding hydrogens is 462 g/mol. The first-order chi connectivity index (χ1) is 15.5. The maximum Gasteiger partial charge on any atom is 0.255 e. The molecule has 0 bridgehead atoms. The molecule has 1 atom stereocenters. The van der Waals surface area contributed by atoms with Crippen LogP contribution in [-0.4, -0.2) is 56.0 Å². The lowest BCUT2D eigenvalue weighted by molar-refractivity contribution is -0.119. The molecule has 1 unspecified atom stereocenters. The van der Waals surface area contributed by atoms with Gasteiger partial charge < -0.3 is 15.0 Å². The van der Waals surface area contributed by atoms with Gasteiger partial charge in [0, 0.05) is 23.0 Å². The molecule has 0 radical (unpaired) electrons. The summed E-state index contributed by atoms with van der Waals surface area (Å²) < 4.78 is 33.2. The van der Waals surface area contributed by atoms with Gasteiger partial charge in [0.2, 0.25) is 15.9 Å². The highest BCUT2D eigenvalue weighted by molar-refractivity contribution is 7.99. The molecule has 1 heterocycles. The Labute approximate surface area is 199 Å². The summed E-state index contributed by atoms with van der Waals surface area (Å²) in [6.07, 6.45) is 0. The molecule has 3 rings (SSSR count). The lowest BCUT2D eigenvalue weighted by Crippen LogP contribution is -2.44. The summed E-state index contributed by atoms with van der Waals surface area (Å²) in [5, 5.41) is 2.89. The Morgan fingerprint density at radius 3 is 2.48 bits per heavy atom. The molecule has 1 aliphatic rings. The molecule has 178 valence electrons. The number of anilines is 1. The van der Waals surface area contributed by atoms with E-state index in [1.807, 2.05) is 32.0 Å². The number of nitrogens with zero attached hydrogens (tertiary/aromatic N) is 1. The van der Waals surface area contributed by atoms with Gasteiger partial charge in [-0.3, -0.25) is 9.59 Å². The summed E-state index contributed by atoms with van der Waals surface area (Å²) in [6, 6.07) is 8.93. The van der Waals surface area contributed by atoms with E-state index in [9.17, 15) is 18.0 Å². The Bertz CT molecular complexity index is 1160. The summed E-state index contributed by atoms with van der Waals surface area (Å²) in [5.41, 5.74) is 3.03. The molecule has 0 aromatic heterocycles. The van der Waals surface area contributed by atoms with Crippen molar-refractivity contribution in [2.45, 2.75) is 44.7 Å². The molecule has 2 amide bonds. The molecule has 0 saturated carbocycles. The molecular formula is C23H29N3O5S2. The average Bonchev–Trinajstić information content (AvgIpc) is 3.24. The summed E-state index contributed by atoms with van der Waals surface area (Å²) in [6.45, 7) is 7.38. The summed E-state index contributed by atoms with van der Waals surface area (Å²) >= 11 is 1.47. The molecule has 0 aliphatic carbocycles. The third kappa shape index (κ3) is 5.69. The second-order valence-corrected chi connectivity index (χ2v) is 10.9. The van der Waals surface area contributed by atoms with Crippen LogP contribution in [0.1, 0.15) is 35.3 Å². The normalized spacial score (nSPS) is 16.2. The Kier molecular flexibility index (Phi) is 7.71. The Morgan fingerprint density at radius 1 is 1.12 bits per heavy atom. The smallest absolute Gasteiger partial charge is 0.255 e. The Hall–Kier alpha value is -2.56. The van der Waals surface area contributed by atoms with Gasteiger partial charge in [0.05, 0.1) is 13.0 Å². The highest BCUT2D eigenvalue weighted by Crippen LogP contribution is 2.29. The van der Waals surface area contributed by atoms with Gasteiger partial charge in [-0.15, -0.1) is 11.8 Å². The second-order valence-electron chi connectivity index (χ2n) is 8.22. The molecule has 33 heavy (non-hydrogen) atoms. The summed E-state index contributed by atoms with van der Waals surface area (Å²) in [5.74, 6) is 0.240. The highest BCUT2D eigenvalue weighted by Gasteiger charge is 2.36. The number of aryl methyl sites for hydroxylation is 2. The number of benzene rings is 2. The molecule has 0 spiro atoms. The van der Waals surface area contributed by atoms with Gasteiger partial charge in [-0.2, -0.15) is 0 Å². The molecule has 1 saturated heterocycles. The monoisotopic (exact) mass is 491 g/mol. The van der Waals surface area contributed by atoms with Crippen LogP contribution in [0.2, 0.25) is 0 Å². The second kappa shape index (κ2) is 10.1. The van der Waals surface area contributed by atoms with Crippen molar-refractivity contribution in [1.29, 1.82) is 0 Å². The predicted molar refractivity (Wildman–Crippen MR) is 130 cm³/mol. The SMILES string of the molecule is COc1ccc(C(=O)N2CSCC2C(=O)Nc2ccc(C)c(C)c2)cc1S(=O)(=O)NC(C)C. The van der Waals surface area contributed by atoms with E-state index >= 15 is 0 Å².